The molecule has 1 aliphatic carbocycles. The van der Waals surface area contributed by atoms with Gasteiger partial charge >= 0.3 is 6.18 Å². The third-order valence-electron chi connectivity index (χ3n) is 6.76. The largest absolute Gasteiger partial charge is 0.417 e. The predicted molar refractivity (Wildman–Crippen MR) is 141 cm³/mol. The number of rotatable bonds is 6. The first-order valence-electron chi connectivity index (χ1n) is 12.1. The second kappa shape index (κ2) is 11.4. The van der Waals surface area contributed by atoms with E-state index in [2.05, 4.69) is 10.6 Å². The Morgan fingerprint density at radius 1 is 1.03 bits per heavy atom. The van der Waals surface area contributed by atoms with Crippen molar-refractivity contribution >= 4 is 28.9 Å². The number of fused-ring (bicyclic) bond motifs is 3. The van der Waals surface area contributed by atoms with Crippen molar-refractivity contribution in [3.05, 3.63) is 91.1 Å². The summed E-state index contributed by atoms with van der Waals surface area (Å²) >= 11 is 5.72. The molecule has 0 aliphatic heterocycles. The van der Waals surface area contributed by atoms with Crippen LogP contribution in [0.25, 0.3) is 11.1 Å². The molecule has 39 heavy (non-hydrogen) atoms. The van der Waals surface area contributed by atoms with E-state index < -0.39 is 41.4 Å². The number of halogens is 4. The Kier molecular flexibility index (Phi) is 8.31. The molecule has 0 fully saturated rings. The summed E-state index contributed by atoms with van der Waals surface area (Å²) < 4.78 is 40.1. The van der Waals surface area contributed by atoms with E-state index in [9.17, 15) is 38.1 Å². The van der Waals surface area contributed by atoms with Crippen molar-refractivity contribution in [1.82, 2.24) is 5.32 Å². The summed E-state index contributed by atoms with van der Waals surface area (Å²) in [7, 11) is 0. The minimum atomic E-state index is -4.69. The molecule has 0 saturated carbocycles. The number of aryl methyl sites for hydroxylation is 1. The van der Waals surface area contributed by atoms with Gasteiger partial charge in [0.05, 0.1) is 42.1 Å². The highest BCUT2D eigenvalue weighted by atomic mass is 35.5. The topological polar surface area (TPSA) is 119 Å². The lowest BCUT2D eigenvalue weighted by molar-refractivity contribution is -0.137. The van der Waals surface area contributed by atoms with E-state index in [1.54, 1.807) is 12.1 Å². The smallest absolute Gasteiger partial charge is 0.392 e. The zero-order chi connectivity index (χ0) is 28.5. The van der Waals surface area contributed by atoms with Gasteiger partial charge < -0.3 is 26.0 Å². The van der Waals surface area contributed by atoms with Crippen molar-refractivity contribution in [2.45, 2.75) is 51.8 Å². The van der Waals surface area contributed by atoms with Crippen molar-refractivity contribution in [3.8, 4) is 11.1 Å². The highest BCUT2D eigenvalue weighted by molar-refractivity contribution is 6.31. The molecule has 0 aromatic heterocycles. The summed E-state index contributed by atoms with van der Waals surface area (Å²) in [5.74, 6) is -0.329. The van der Waals surface area contributed by atoms with Gasteiger partial charge in [0, 0.05) is 12.6 Å². The Morgan fingerprint density at radius 3 is 2.36 bits per heavy atom. The van der Waals surface area contributed by atoms with E-state index in [-0.39, 0.29) is 23.9 Å². The number of alkyl halides is 3. The van der Waals surface area contributed by atoms with Crippen LogP contribution in [0.1, 0.15) is 52.8 Å². The maximum absolute atomic E-state index is 13.4. The lowest BCUT2D eigenvalue weighted by Crippen LogP contribution is -2.26. The minimum absolute atomic E-state index is 0.00441. The molecule has 3 aromatic carbocycles. The van der Waals surface area contributed by atoms with Crippen LogP contribution in [-0.2, 0) is 37.2 Å². The number of aliphatic hydroxyl groups is 3. The third-order valence-corrected chi connectivity index (χ3v) is 7.09. The van der Waals surface area contributed by atoms with Crippen LogP contribution in [0, 0.1) is 0 Å². The Hall–Kier alpha value is -3.44. The maximum Gasteiger partial charge on any atom is 0.417 e. The van der Waals surface area contributed by atoms with E-state index in [0.29, 0.717) is 46.2 Å². The second-order valence-electron chi connectivity index (χ2n) is 9.24. The number of hydrogen-bond donors (Lipinski definition) is 5. The van der Waals surface area contributed by atoms with Gasteiger partial charge in [0.1, 0.15) is 0 Å². The van der Waals surface area contributed by atoms with E-state index >= 15 is 0 Å². The van der Waals surface area contributed by atoms with E-state index in [1.807, 2.05) is 0 Å². The Labute approximate surface area is 226 Å². The van der Waals surface area contributed by atoms with Gasteiger partial charge in [0.15, 0.2) is 0 Å². The van der Waals surface area contributed by atoms with Crippen LogP contribution < -0.4 is 16.1 Å². The number of amides is 1. The van der Waals surface area contributed by atoms with Crippen LogP contribution in [0.5, 0.6) is 0 Å². The van der Waals surface area contributed by atoms with Crippen LogP contribution in [-0.4, -0.2) is 21.2 Å². The van der Waals surface area contributed by atoms with Crippen molar-refractivity contribution in [2.75, 3.05) is 5.32 Å². The number of carbonyl (C=O) groups is 1. The van der Waals surface area contributed by atoms with Gasteiger partial charge in [-0.05, 0) is 82.1 Å². The zero-order valence-electron chi connectivity index (χ0n) is 20.8. The van der Waals surface area contributed by atoms with Crippen LogP contribution in [0.4, 0.5) is 24.5 Å². The van der Waals surface area contributed by atoms with Gasteiger partial charge in [-0.2, -0.15) is 13.2 Å². The highest BCUT2D eigenvalue weighted by Gasteiger charge is 2.33. The molecule has 206 valence electrons. The summed E-state index contributed by atoms with van der Waals surface area (Å²) in [5, 5.41) is 35.3. The number of carbonyl (C=O) groups excluding carboxylic acids is 1. The van der Waals surface area contributed by atoms with E-state index in [0.717, 1.165) is 17.7 Å². The first-order chi connectivity index (χ1) is 18.5. The van der Waals surface area contributed by atoms with Crippen LogP contribution in [0.2, 0.25) is 5.02 Å². The number of anilines is 2. The fourth-order valence-electron chi connectivity index (χ4n) is 5.04. The molecule has 1 aliphatic rings. The molecular formula is C28H26ClF3N2O5. The van der Waals surface area contributed by atoms with Crippen molar-refractivity contribution < 1.29 is 33.3 Å². The van der Waals surface area contributed by atoms with E-state index in [1.165, 1.54) is 25.1 Å². The SMILES string of the molecule is CC(=O)NC1CCc2cc(CO)c(CO)c(CO)c2-c2ccc(Nc3ccc(Cl)c(C(F)(F)F)c3)c(=O)cc21. The van der Waals surface area contributed by atoms with Gasteiger partial charge in [0.25, 0.3) is 0 Å². The van der Waals surface area contributed by atoms with Crippen molar-refractivity contribution in [3.63, 3.8) is 0 Å². The van der Waals surface area contributed by atoms with Gasteiger partial charge in [-0.25, -0.2) is 0 Å². The summed E-state index contributed by atoms with van der Waals surface area (Å²) in [6, 6.07) is 8.68. The zero-order valence-corrected chi connectivity index (χ0v) is 21.6. The van der Waals surface area contributed by atoms with Crippen LogP contribution in [0.15, 0.2) is 47.3 Å². The normalized spacial score (nSPS) is 14.7. The number of aliphatic hydroxyl groups excluding tert-OH is 3. The van der Waals surface area contributed by atoms with Gasteiger partial charge in [-0.1, -0.05) is 23.7 Å². The molecule has 0 bridgehead atoms. The first kappa shape index (κ1) is 28.6. The van der Waals surface area contributed by atoms with Gasteiger partial charge in [0.2, 0.25) is 11.3 Å². The third kappa shape index (κ3) is 5.79. The standard InChI is InChI=1S/C28H26ClF3N2O5/c1-14(38)33-24-6-2-15-8-16(11-35)20(12-36)21(13-37)27(15)18-4-7-25(26(39)10-19(18)24)34-17-3-5-23(29)22(9-17)28(30,31)32/h3-5,7-10,24,35-37H,2,6,11-13H2,1H3,(H,33,38)(H,34,39). The summed E-state index contributed by atoms with van der Waals surface area (Å²) in [6.07, 6.45) is -3.86. The molecule has 7 nitrogen and oxygen atoms in total. The molecule has 0 heterocycles. The quantitative estimate of drug-likeness (QED) is 0.296. The average Bonchev–Trinajstić information content (AvgIpc) is 3.12. The first-order valence-corrected chi connectivity index (χ1v) is 12.4. The molecule has 3 aromatic rings. The molecule has 0 spiro atoms. The molecule has 1 amide bonds. The Balaban J connectivity index is 1.94. The molecular weight excluding hydrogens is 537 g/mol. The molecule has 4 rings (SSSR count). The van der Waals surface area contributed by atoms with E-state index in [4.69, 9.17) is 11.6 Å². The minimum Gasteiger partial charge on any atom is -0.392 e. The second-order valence-corrected chi connectivity index (χ2v) is 9.64. The summed E-state index contributed by atoms with van der Waals surface area (Å²) in [6.45, 7) is 0.0767. The highest BCUT2D eigenvalue weighted by Crippen LogP contribution is 2.41. The predicted octanol–water partition coefficient (Wildman–Crippen LogP) is 4.73. The van der Waals surface area contributed by atoms with Gasteiger partial charge in [-0.3, -0.25) is 9.59 Å². The molecule has 5 N–H and O–H groups in total. The molecule has 11 heteroatoms. The lowest BCUT2D eigenvalue weighted by atomic mass is 9.87. The maximum atomic E-state index is 13.4. The Bertz CT molecular complexity index is 1490. The van der Waals surface area contributed by atoms with Crippen LogP contribution >= 0.6 is 11.6 Å². The van der Waals surface area contributed by atoms with Crippen molar-refractivity contribution in [1.29, 1.82) is 0 Å². The monoisotopic (exact) mass is 562 g/mol. The summed E-state index contributed by atoms with van der Waals surface area (Å²) in [5.41, 5.74) is 1.82. The van der Waals surface area contributed by atoms with Crippen molar-refractivity contribution in [2.24, 2.45) is 0 Å². The summed E-state index contributed by atoms with van der Waals surface area (Å²) in [4.78, 5) is 25.4. The number of hydrogen-bond acceptors (Lipinski definition) is 6. The fourth-order valence-corrected chi connectivity index (χ4v) is 5.27. The average molecular weight is 563 g/mol. The lowest BCUT2D eigenvalue weighted by Gasteiger charge is -2.20. The van der Waals surface area contributed by atoms with Crippen LogP contribution in [0.3, 0.4) is 0 Å². The number of nitrogens with one attached hydrogen (secondary N) is 2. The fraction of sp³-hybridized carbons (Fsp3) is 0.286. The molecule has 0 radical (unpaired) electrons. The van der Waals surface area contributed by atoms with Gasteiger partial charge in [-0.15, -0.1) is 0 Å². The molecule has 1 atom stereocenters. The number of benzene rings is 2. The molecule has 0 saturated heterocycles. The molecule has 1 unspecified atom stereocenters. The Morgan fingerprint density at radius 2 is 1.74 bits per heavy atom.